The zero-order valence-electron chi connectivity index (χ0n) is 15.3. The highest BCUT2D eigenvalue weighted by Crippen LogP contribution is 2.24. The Morgan fingerprint density at radius 2 is 2.00 bits per heavy atom. The summed E-state index contributed by atoms with van der Waals surface area (Å²) in [5, 5.41) is 3.16. The number of anilines is 1. The molecule has 0 aliphatic carbocycles. The minimum atomic E-state index is -0.290. The Morgan fingerprint density at radius 1 is 1.24 bits per heavy atom. The maximum absolute atomic E-state index is 14.6. The quantitative estimate of drug-likeness (QED) is 0.878. The Morgan fingerprint density at radius 3 is 2.64 bits per heavy atom. The van der Waals surface area contributed by atoms with Gasteiger partial charge in [0.1, 0.15) is 5.82 Å². The number of rotatable bonds is 5. The van der Waals surface area contributed by atoms with Crippen molar-refractivity contribution in [1.29, 1.82) is 0 Å². The highest BCUT2D eigenvalue weighted by atomic mass is 19.1. The largest absolute Gasteiger partial charge is 0.367 e. The van der Waals surface area contributed by atoms with Crippen molar-refractivity contribution >= 4 is 11.6 Å². The first-order chi connectivity index (χ1) is 12.1. The fourth-order valence-electron chi connectivity index (χ4n) is 3.86. The summed E-state index contributed by atoms with van der Waals surface area (Å²) in [7, 11) is 1.93. The summed E-state index contributed by atoms with van der Waals surface area (Å²) in [4.78, 5) is 18.9. The van der Waals surface area contributed by atoms with Crippen LogP contribution in [0.25, 0.3) is 0 Å². The maximum Gasteiger partial charge on any atom is 0.253 e. The maximum atomic E-state index is 14.6. The van der Waals surface area contributed by atoms with Crippen LogP contribution in [0, 0.1) is 11.7 Å². The van der Waals surface area contributed by atoms with Crippen molar-refractivity contribution in [1.82, 2.24) is 15.1 Å². The van der Waals surface area contributed by atoms with Crippen LogP contribution in [0.4, 0.5) is 10.1 Å². The molecule has 25 heavy (non-hydrogen) atoms. The first kappa shape index (κ1) is 18.1. The topological polar surface area (TPSA) is 38.8 Å². The molecule has 2 aliphatic heterocycles. The Hall–Kier alpha value is -1.66. The number of halogens is 1. The van der Waals surface area contributed by atoms with Gasteiger partial charge in [0.15, 0.2) is 0 Å². The molecule has 1 N–H and O–H groups in total. The lowest BCUT2D eigenvalue weighted by atomic mass is 10.1. The normalized spacial score (nSPS) is 21.8. The molecular weight excluding hydrogens is 319 g/mol. The van der Waals surface area contributed by atoms with E-state index in [9.17, 15) is 9.18 Å². The number of carbonyl (C=O) groups is 1. The van der Waals surface area contributed by atoms with E-state index in [2.05, 4.69) is 22.0 Å². The van der Waals surface area contributed by atoms with Crippen LogP contribution in [0.15, 0.2) is 18.2 Å². The molecule has 138 valence electrons. The zero-order valence-corrected chi connectivity index (χ0v) is 15.3. The average Bonchev–Trinajstić information content (AvgIpc) is 3.10. The molecule has 0 aromatic heterocycles. The number of carbonyl (C=O) groups excluding carboxylic acids is 1. The molecule has 0 bridgehead atoms. The molecule has 2 heterocycles. The van der Waals surface area contributed by atoms with Crippen molar-refractivity contribution in [2.75, 3.05) is 64.3 Å². The molecule has 0 spiro atoms. The minimum absolute atomic E-state index is 0.0557. The van der Waals surface area contributed by atoms with Crippen molar-refractivity contribution in [3.8, 4) is 0 Å². The van der Waals surface area contributed by atoms with Gasteiger partial charge in [-0.3, -0.25) is 4.79 Å². The highest BCUT2D eigenvalue weighted by molar-refractivity contribution is 5.94. The summed E-state index contributed by atoms with van der Waals surface area (Å²) < 4.78 is 14.6. The number of amides is 1. The summed E-state index contributed by atoms with van der Waals surface area (Å²) in [6.07, 6.45) is 1.01. The minimum Gasteiger partial charge on any atom is -0.367 e. The van der Waals surface area contributed by atoms with Gasteiger partial charge < -0.3 is 20.0 Å². The second-order valence-corrected chi connectivity index (χ2v) is 7.05. The molecule has 2 aliphatic rings. The van der Waals surface area contributed by atoms with Crippen LogP contribution >= 0.6 is 0 Å². The smallest absolute Gasteiger partial charge is 0.253 e. The molecule has 0 unspecified atom stereocenters. The molecule has 1 amide bonds. The Labute approximate surface area is 149 Å². The lowest BCUT2D eigenvalue weighted by Crippen LogP contribution is -2.46. The van der Waals surface area contributed by atoms with Gasteiger partial charge in [0, 0.05) is 44.8 Å². The lowest BCUT2D eigenvalue weighted by molar-refractivity contribution is 0.0786. The van der Waals surface area contributed by atoms with Crippen LogP contribution in [0.3, 0.4) is 0 Å². The van der Waals surface area contributed by atoms with Crippen molar-refractivity contribution in [2.24, 2.45) is 5.92 Å². The van der Waals surface area contributed by atoms with Gasteiger partial charge in [0.25, 0.3) is 5.91 Å². The molecule has 0 radical (unpaired) electrons. The Bertz CT molecular complexity index is 601. The number of benzene rings is 1. The van der Waals surface area contributed by atoms with E-state index in [1.165, 1.54) is 6.07 Å². The third-order valence-electron chi connectivity index (χ3n) is 5.42. The second kappa shape index (κ2) is 8.15. The van der Waals surface area contributed by atoms with Crippen LogP contribution in [-0.2, 0) is 0 Å². The molecule has 1 atom stereocenters. The zero-order chi connectivity index (χ0) is 17.8. The van der Waals surface area contributed by atoms with E-state index < -0.39 is 0 Å². The molecule has 5 nitrogen and oxygen atoms in total. The average molecular weight is 348 g/mol. The van der Waals surface area contributed by atoms with E-state index in [0.717, 1.165) is 58.8 Å². The van der Waals surface area contributed by atoms with E-state index in [4.69, 9.17) is 0 Å². The summed E-state index contributed by atoms with van der Waals surface area (Å²) in [5.41, 5.74) is 1.07. The van der Waals surface area contributed by atoms with Crippen molar-refractivity contribution in [3.05, 3.63) is 29.6 Å². The van der Waals surface area contributed by atoms with E-state index in [0.29, 0.717) is 17.2 Å². The van der Waals surface area contributed by atoms with Crippen LogP contribution in [0.1, 0.15) is 23.7 Å². The van der Waals surface area contributed by atoms with Crippen LogP contribution in [-0.4, -0.2) is 75.1 Å². The number of likely N-dealkylation sites (N-methyl/N-ethyl adjacent to an activating group) is 1. The molecular formula is C19H29FN4O. The van der Waals surface area contributed by atoms with Crippen molar-refractivity contribution in [2.45, 2.75) is 13.3 Å². The molecule has 6 heteroatoms. The molecule has 1 aromatic rings. The van der Waals surface area contributed by atoms with Gasteiger partial charge >= 0.3 is 0 Å². The summed E-state index contributed by atoms with van der Waals surface area (Å²) >= 11 is 0. The first-order valence-electron chi connectivity index (χ1n) is 9.33. The molecule has 3 rings (SSSR count). The second-order valence-electron chi connectivity index (χ2n) is 7.05. The Balaban J connectivity index is 1.65. The predicted octanol–water partition coefficient (Wildman–Crippen LogP) is 1.65. The lowest BCUT2D eigenvalue weighted by Gasteiger charge is -2.35. The molecule has 1 aromatic carbocycles. The number of nitrogens with zero attached hydrogens (tertiary/aromatic N) is 3. The van der Waals surface area contributed by atoms with Gasteiger partial charge in [-0.1, -0.05) is 6.92 Å². The Kier molecular flexibility index (Phi) is 5.91. The number of hydrogen-bond acceptors (Lipinski definition) is 4. The SMILES string of the molecule is CCN1CCN(c2ccc(C(=O)N3CC[C@@H](CNC)C3)cc2F)CC1. The number of piperazine rings is 1. The van der Waals surface area contributed by atoms with Gasteiger partial charge in [0.05, 0.1) is 5.69 Å². The van der Waals surface area contributed by atoms with Crippen LogP contribution < -0.4 is 10.2 Å². The standard InChI is InChI=1S/C19H29FN4O/c1-3-22-8-10-23(11-9-22)18-5-4-16(12-17(18)20)19(25)24-7-6-15(14-24)13-21-2/h4-5,12,15,21H,3,6-11,13-14H2,1-2H3/t15-/m0/s1. The fraction of sp³-hybridized carbons (Fsp3) is 0.632. The monoisotopic (exact) mass is 348 g/mol. The van der Waals surface area contributed by atoms with Gasteiger partial charge in [0.2, 0.25) is 0 Å². The van der Waals surface area contributed by atoms with Crippen molar-refractivity contribution in [3.63, 3.8) is 0 Å². The van der Waals surface area contributed by atoms with Gasteiger partial charge in [-0.15, -0.1) is 0 Å². The van der Waals surface area contributed by atoms with E-state index >= 15 is 0 Å². The van der Waals surface area contributed by atoms with Crippen LogP contribution in [0.2, 0.25) is 0 Å². The van der Waals surface area contributed by atoms with E-state index in [1.54, 1.807) is 12.1 Å². The van der Waals surface area contributed by atoms with Crippen LogP contribution in [0.5, 0.6) is 0 Å². The number of nitrogens with one attached hydrogen (secondary N) is 1. The molecule has 2 fully saturated rings. The summed E-state index contributed by atoms with van der Waals surface area (Å²) in [5.74, 6) is 0.148. The summed E-state index contributed by atoms with van der Waals surface area (Å²) in [6.45, 7) is 9.18. The fourth-order valence-corrected chi connectivity index (χ4v) is 3.86. The predicted molar refractivity (Wildman–Crippen MR) is 98.7 cm³/mol. The highest BCUT2D eigenvalue weighted by Gasteiger charge is 2.27. The van der Waals surface area contributed by atoms with Gasteiger partial charge in [-0.05, 0) is 50.7 Å². The third kappa shape index (κ3) is 4.12. The van der Waals surface area contributed by atoms with Gasteiger partial charge in [-0.25, -0.2) is 4.39 Å². The number of hydrogen-bond donors (Lipinski definition) is 1. The number of likely N-dealkylation sites (tertiary alicyclic amines) is 1. The molecule has 2 saturated heterocycles. The first-order valence-corrected chi connectivity index (χ1v) is 9.33. The third-order valence-corrected chi connectivity index (χ3v) is 5.42. The molecule has 0 saturated carbocycles. The summed E-state index contributed by atoms with van der Waals surface area (Å²) in [6, 6.07) is 4.96. The van der Waals surface area contributed by atoms with Crippen molar-refractivity contribution < 1.29 is 9.18 Å². The van der Waals surface area contributed by atoms with Gasteiger partial charge in [-0.2, -0.15) is 0 Å². The van der Waals surface area contributed by atoms with E-state index in [1.807, 2.05) is 11.9 Å². The van der Waals surface area contributed by atoms with E-state index in [-0.39, 0.29) is 11.7 Å².